The van der Waals surface area contributed by atoms with Crippen LogP contribution in [0.1, 0.15) is 26.2 Å². The number of halogens is 2. The minimum atomic E-state index is -0.385. The Morgan fingerprint density at radius 2 is 1.95 bits per heavy atom. The summed E-state index contributed by atoms with van der Waals surface area (Å²) >= 11 is 0. The lowest BCUT2D eigenvalue weighted by Crippen LogP contribution is -2.57. The first-order valence-corrected chi connectivity index (χ1v) is 7.41. The molecule has 4 nitrogen and oxygen atoms in total. The number of likely N-dealkylation sites (N-methyl/N-ethyl adjacent to an activating group) is 1. The van der Waals surface area contributed by atoms with E-state index in [2.05, 4.69) is 27.7 Å². The van der Waals surface area contributed by atoms with Crippen molar-refractivity contribution in [2.45, 2.75) is 31.7 Å². The summed E-state index contributed by atoms with van der Waals surface area (Å²) in [7, 11) is 2.04. The Hall–Kier alpha value is -0.970. The van der Waals surface area contributed by atoms with Gasteiger partial charge in [0.2, 0.25) is 5.91 Å². The number of para-hydroxylation sites is 1. The lowest BCUT2D eigenvalue weighted by atomic mass is 9.90. The number of nitrogens with one attached hydrogen (secondary N) is 2. The lowest BCUT2D eigenvalue weighted by Gasteiger charge is -2.33. The van der Waals surface area contributed by atoms with Gasteiger partial charge in [0.25, 0.3) is 0 Å². The van der Waals surface area contributed by atoms with Crippen molar-refractivity contribution < 1.29 is 4.79 Å². The van der Waals surface area contributed by atoms with Crippen molar-refractivity contribution in [3.05, 3.63) is 30.3 Å². The molecule has 1 fully saturated rings. The summed E-state index contributed by atoms with van der Waals surface area (Å²) < 4.78 is 0. The van der Waals surface area contributed by atoms with Crippen molar-refractivity contribution in [3.63, 3.8) is 0 Å². The fourth-order valence-electron chi connectivity index (χ4n) is 2.59. The van der Waals surface area contributed by atoms with Gasteiger partial charge in [-0.3, -0.25) is 4.79 Å². The van der Waals surface area contributed by atoms with Crippen molar-refractivity contribution >= 4 is 36.4 Å². The Kier molecular flexibility index (Phi) is 9.49. The Balaban J connectivity index is 0.00000220. The van der Waals surface area contributed by atoms with Crippen molar-refractivity contribution in [2.75, 3.05) is 31.6 Å². The molecule has 0 aliphatic carbocycles. The highest BCUT2D eigenvalue weighted by atomic mass is 35.5. The van der Waals surface area contributed by atoms with Crippen LogP contribution in [0.5, 0.6) is 0 Å². The number of amides is 1. The Labute approximate surface area is 145 Å². The van der Waals surface area contributed by atoms with Crippen LogP contribution in [0, 0.1) is 0 Å². The second kappa shape index (κ2) is 9.93. The van der Waals surface area contributed by atoms with Crippen LogP contribution in [0.3, 0.4) is 0 Å². The summed E-state index contributed by atoms with van der Waals surface area (Å²) in [5.41, 5.74) is 0.785. The van der Waals surface area contributed by atoms with Gasteiger partial charge in [0.1, 0.15) is 0 Å². The van der Waals surface area contributed by atoms with E-state index in [0.29, 0.717) is 6.54 Å². The van der Waals surface area contributed by atoms with Gasteiger partial charge >= 0.3 is 0 Å². The highest BCUT2D eigenvalue weighted by Crippen LogP contribution is 2.18. The van der Waals surface area contributed by atoms with E-state index in [0.717, 1.165) is 25.9 Å². The number of nitrogens with zero attached hydrogens (tertiary/aromatic N) is 1. The first-order chi connectivity index (χ1) is 9.62. The molecule has 1 aromatic rings. The molecule has 1 aliphatic rings. The number of rotatable bonds is 5. The first-order valence-electron chi connectivity index (χ1n) is 7.41. The van der Waals surface area contributed by atoms with Crippen LogP contribution in [0.15, 0.2) is 30.3 Å². The molecular formula is C16H27Cl2N3O. The molecule has 1 saturated heterocycles. The maximum Gasteiger partial charge on any atom is 0.240 e. The summed E-state index contributed by atoms with van der Waals surface area (Å²) in [5.74, 6) is 0.124. The summed E-state index contributed by atoms with van der Waals surface area (Å²) in [6.07, 6.45) is 3.22. The van der Waals surface area contributed by atoms with Crippen LogP contribution in [0.2, 0.25) is 0 Å². The van der Waals surface area contributed by atoms with Crippen LogP contribution in [-0.2, 0) is 4.79 Å². The monoisotopic (exact) mass is 347 g/mol. The molecule has 2 rings (SSSR count). The summed E-state index contributed by atoms with van der Waals surface area (Å²) in [4.78, 5) is 14.4. The Morgan fingerprint density at radius 3 is 2.55 bits per heavy atom. The minimum absolute atomic E-state index is 0. The van der Waals surface area contributed by atoms with Gasteiger partial charge in [0.15, 0.2) is 0 Å². The molecule has 2 N–H and O–H groups in total. The maximum absolute atomic E-state index is 12.2. The number of carbonyl (C=O) groups is 1. The van der Waals surface area contributed by atoms with Gasteiger partial charge in [-0.2, -0.15) is 0 Å². The highest BCUT2D eigenvalue weighted by molar-refractivity contribution is 5.86. The van der Waals surface area contributed by atoms with Crippen molar-refractivity contribution in [2.24, 2.45) is 0 Å². The van der Waals surface area contributed by atoms with Crippen LogP contribution in [0.25, 0.3) is 0 Å². The highest BCUT2D eigenvalue weighted by Gasteiger charge is 2.33. The van der Waals surface area contributed by atoms with E-state index < -0.39 is 0 Å². The number of hydrogen-bond donors (Lipinski definition) is 2. The molecule has 1 aliphatic heterocycles. The smallest absolute Gasteiger partial charge is 0.240 e. The van der Waals surface area contributed by atoms with Crippen LogP contribution >= 0.6 is 24.8 Å². The van der Waals surface area contributed by atoms with E-state index in [1.165, 1.54) is 12.1 Å². The SMILES string of the molecule is CN(CCNC(=O)C1(C)CCCCN1)c1ccccc1.Cl.Cl. The van der Waals surface area contributed by atoms with E-state index in [-0.39, 0.29) is 36.3 Å². The molecule has 1 aromatic carbocycles. The second-order valence-corrected chi connectivity index (χ2v) is 5.73. The van der Waals surface area contributed by atoms with E-state index in [1.807, 2.05) is 32.2 Å². The molecule has 0 spiro atoms. The predicted molar refractivity (Wildman–Crippen MR) is 97.5 cm³/mol. The quantitative estimate of drug-likeness (QED) is 0.860. The van der Waals surface area contributed by atoms with E-state index in [4.69, 9.17) is 0 Å². The normalized spacial score (nSPS) is 20.3. The summed E-state index contributed by atoms with van der Waals surface area (Å²) in [6.45, 7) is 4.42. The maximum atomic E-state index is 12.2. The minimum Gasteiger partial charge on any atom is -0.373 e. The molecule has 1 unspecified atom stereocenters. The molecule has 22 heavy (non-hydrogen) atoms. The standard InChI is InChI=1S/C16H25N3O.2ClH/c1-16(10-6-7-11-18-16)15(20)17-12-13-19(2)14-8-4-3-5-9-14;;/h3-5,8-9,18H,6-7,10-13H2,1-2H3,(H,17,20);2*1H. The third-order valence-corrected chi connectivity index (χ3v) is 4.05. The molecular weight excluding hydrogens is 321 g/mol. The fourth-order valence-corrected chi connectivity index (χ4v) is 2.59. The van der Waals surface area contributed by atoms with Gasteiger partial charge in [0, 0.05) is 25.8 Å². The van der Waals surface area contributed by atoms with Gasteiger partial charge in [0.05, 0.1) is 5.54 Å². The number of anilines is 1. The zero-order chi connectivity index (χ0) is 14.4. The van der Waals surface area contributed by atoms with Gasteiger partial charge in [-0.25, -0.2) is 0 Å². The zero-order valence-electron chi connectivity index (χ0n) is 13.3. The van der Waals surface area contributed by atoms with Gasteiger partial charge < -0.3 is 15.5 Å². The molecule has 0 aromatic heterocycles. The van der Waals surface area contributed by atoms with Crippen LogP contribution in [0.4, 0.5) is 5.69 Å². The largest absolute Gasteiger partial charge is 0.373 e. The fraction of sp³-hybridized carbons (Fsp3) is 0.562. The second-order valence-electron chi connectivity index (χ2n) is 5.73. The van der Waals surface area contributed by atoms with Gasteiger partial charge in [-0.1, -0.05) is 18.2 Å². The molecule has 1 amide bonds. The molecule has 126 valence electrons. The average Bonchev–Trinajstić information content (AvgIpc) is 2.48. The van der Waals surface area contributed by atoms with E-state index >= 15 is 0 Å². The molecule has 0 radical (unpaired) electrons. The van der Waals surface area contributed by atoms with Crippen molar-refractivity contribution in [3.8, 4) is 0 Å². The number of hydrogen-bond acceptors (Lipinski definition) is 3. The first kappa shape index (κ1) is 21.0. The number of carbonyl (C=O) groups excluding carboxylic acids is 1. The average molecular weight is 348 g/mol. The predicted octanol–water partition coefficient (Wildman–Crippen LogP) is 2.61. The van der Waals surface area contributed by atoms with Crippen LogP contribution < -0.4 is 15.5 Å². The van der Waals surface area contributed by atoms with Gasteiger partial charge in [-0.05, 0) is 44.9 Å². The Morgan fingerprint density at radius 1 is 1.27 bits per heavy atom. The molecule has 1 atom stereocenters. The number of benzene rings is 1. The summed E-state index contributed by atoms with van der Waals surface area (Å²) in [6, 6.07) is 10.2. The van der Waals surface area contributed by atoms with E-state index in [9.17, 15) is 4.79 Å². The Bertz CT molecular complexity index is 436. The van der Waals surface area contributed by atoms with E-state index in [1.54, 1.807) is 0 Å². The third-order valence-electron chi connectivity index (χ3n) is 4.05. The lowest BCUT2D eigenvalue weighted by molar-refractivity contribution is -0.127. The summed E-state index contributed by atoms with van der Waals surface area (Å²) in [5, 5.41) is 6.39. The molecule has 1 heterocycles. The topological polar surface area (TPSA) is 44.4 Å². The molecule has 6 heteroatoms. The number of piperidine rings is 1. The van der Waals surface area contributed by atoms with Gasteiger partial charge in [-0.15, -0.1) is 24.8 Å². The molecule has 0 bridgehead atoms. The molecule has 0 saturated carbocycles. The van der Waals surface area contributed by atoms with Crippen molar-refractivity contribution in [1.82, 2.24) is 10.6 Å². The van der Waals surface area contributed by atoms with Crippen LogP contribution in [-0.4, -0.2) is 38.1 Å². The third kappa shape index (κ3) is 5.67. The van der Waals surface area contributed by atoms with Crippen molar-refractivity contribution in [1.29, 1.82) is 0 Å². The zero-order valence-corrected chi connectivity index (χ0v) is 14.9.